The van der Waals surface area contributed by atoms with E-state index in [-0.39, 0.29) is 62.8 Å². The summed E-state index contributed by atoms with van der Waals surface area (Å²) in [5, 5.41) is 44.3. The van der Waals surface area contributed by atoms with Gasteiger partial charge in [0, 0.05) is 43.4 Å². The van der Waals surface area contributed by atoms with Crippen molar-refractivity contribution >= 4 is 69.8 Å². The summed E-state index contributed by atoms with van der Waals surface area (Å²) >= 11 is 0. The fourth-order valence-electron chi connectivity index (χ4n) is 10.5. The number of fused-ring (bicyclic) bond motifs is 1. The number of hydrogen-bond acceptors (Lipinski definition) is 13. The minimum atomic E-state index is -1.45. The molecule has 23 nitrogen and oxygen atoms in total. The summed E-state index contributed by atoms with van der Waals surface area (Å²) in [6.45, 7) is 10.2. The summed E-state index contributed by atoms with van der Waals surface area (Å²) in [6.07, 6.45) is 2.96. The van der Waals surface area contributed by atoms with E-state index >= 15 is 0 Å². The van der Waals surface area contributed by atoms with Crippen LogP contribution in [-0.2, 0) is 69.0 Å². The number of aliphatic hydroxyl groups is 1. The van der Waals surface area contributed by atoms with Crippen LogP contribution >= 0.6 is 0 Å². The maximum absolute atomic E-state index is 14.7. The number of rotatable bonds is 30. The lowest BCUT2D eigenvalue weighted by Gasteiger charge is -2.30. The van der Waals surface area contributed by atoms with Crippen molar-refractivity contribution in [2.75, 3.05) is 18.5 Å². The number of aromatic nitrogens is 2. The zero-order valence-electron chi connectivity index (χ0n) is 51.6. The first kappa shape index (κ1) is 67.9. The molecular weight excluding hydrogens is 1150 g/mol. The Morgan fingerprint density at radius 2 is 1.07 bits per heavy atom. The highest BCUT2D eigenvalue weighted by Gasteiger charge is 2.39. The van der Waals surface area contributed by atoms with Crippen LogP contribution < -0.4 is 42.5 Å². The third-order valence-electron chi connectivity index (χ3n) is 15.3. The van der Waals surface area contributed by atoms with Crippen molar-refractivity contribution in [2.45, 2.75) is 141 Å². The molecule has 2 heterocycles. The van der Waals surface area contributed by atoms with Gasteiger partial charge in [-0.1, -0.05) is 145 Å². The standard InChI is InChI=1S/C67H83N11O12/c1-40(2)30-51(71-62(84)55(35-49-36-68-39-69-49)73-60(82)53(32-43-16-9-7-10-17-43)74-65(87)57-22-15-29-78(57)67(89)90-38-45-18-11-8-12-19-45)59(81)72-52(31-41(3)4)63(85)77-58(42(5)6)66(88)75-54(33-44-23-27-50(80)28-24-44)61(83)76-56(37-79)64(86)70-48-26-25-46-20-13-14-21-47(46)34-48/h7-14,16-21,23-28,34,36,39-42,51-58,79-80H,15,22,29-33,35,37-38H2,1-6H3,(H,68,69)(H,70,86)(H,71,84)(H,72,81)(H,73,82)(H,74,87)(H,75,88)(H,76,83)(H,77,85). The smallest absolute Gasteiger partial charge is 0.410 e. The second-order valence-corrected chi connectivity index (χ2v) is 23.8. The summed E-state index contributed by atoms with van der Waals surface area (Å²) in [6, 6.07) is 26.5. The number of aliphatic hydroxyl groups excluding tert-OH is 1. The van der Waals surface area contributed by atoms with E-state index in [1.807, 2.05) is 88.4 Å². The van der Waals surface area contributed by atoms with Gasteiger partial charge in [-0.2, -0.15) is 0 Å². The van der Waals surface area contributed by atoms with Gasteiger partial charge < -0.3 is 62.5 Å². The number of carbonyl (C=O) groups excluding carboxylic acids is 9. The van der Waals surface area contributed by atoms with Crippen LogP contribution in [0.5, 0.6) is 5.75 Å². The third-order valence-corrected chi connectivity index (χ3v) is 15.3. The summed E-state index contributed by atoms with van der Waals surface area (Å²) in [7, 11) is 0. The first-order chi connectivity index (χ1) is 43.1. The van der Waals surface area contributed by atoms with Crippen LogP contribution in [0.2, 0.25) is 0 Å². The molecule has 0 aliphatic carbocycles. The predicted octanol–water partition coefficient (Wildman–Crippen LogP) is 4.87. The van der Waals surface area contributed by atoms with Gasteiger partial charge >= 0.3 is 6.09 Å². The Labute approximate surface area is 523 Å². The van der Waals surface area contributed by atoms with Crippen LogP contribution in [0.25, 0.3) is 10.8 Å². The highest BCUT2D eigenvalue weighted by atomic mass is 16.6. The number of hydrogen-bond donors (Lipinski definition) is 11. The van der Waals surface area contributed by atoms with Gasteiger partial charge in [0.05, 0.1) is 12.9 Å². The van der Waals surface area contributed by atoms with Crippen LogP contribution in [0.4, 0.5) is 10.5 Å². The van der Waals surface area contributed by atoms with Gasteiger partial charge in [0.15, 0.2) is 0 Å². The monoisotopic (exact) mass is 1230 g/mol. The second kappa shape index (κ2) is 33.1. The number of ether oxygens (including phenoxy) is 1. The molecule has 90 heavy (non-hydrogen) atoms. The molecule has 5 aromatic carbocycles. The fraction of sp³-hybridized carbons (Fsp3) is 0.403. The van der Waals surface area contributed by atoms with Crippen molar-refractivity contribution in [3.05, 3.63) is 162 Å². The quantitative estimate of drug-likeness (QED) is 0.0287. The summed E-state index contributed by atoms with van der Waals surface area (Å²) in [5.74, 6) is -6.93. The van der Waals surface area contributed by atoms with Crippen molar-refractivity contribution in [3.8, 4) is 5.75 Å². The van der Waals surface area contributed by atoms with E-state index in [0.29, 0.717) is 35.3 Å². The van der Waals surface area contributed by atoms with Crippen LogP contribution in [0, 0.1) is 17.8 Å². The Morgan fingerprint density at radius 1 is 0.556 bits per heavy atom. The van der Waals surface area contributed by atoms with Crippen molar-refractivity contribution in [2.24, 2.45) is 17.8 Å². The topological polar surface area (TPSA) is 331 Å². The van der Waals surface area contributed by atoms with Gasteiger partial charge in [0.1, 0.15) is 60.7 Å². The van der Waals surface area contributed by atoms with Gasteiger partial charge in [-0.15, -0.1) is 0 Å². The number of amides is 9. The maximum Gasteiger partial charge on any atom is 0.410 e. The minimum absolute atomic E-state index is 0.000307. The summed E-state index contributed by atoms with van der Waals surface area (Å²) in [4.78, 5) is 137. The van der Waals surface area contributed by atoms with E-state index in [4.69, 9.17) is 4.74 Å². The van der Waals surface area contributed by atoms with Gasteiger partial charge in [0.25, 0.3) is 0 Å². The number of aromatic hydroxyl groups is 1. The number of phenolic OH excluding ortho intramolecular Hbond substituents is 1. The summed E-state index contributed by atoms with van der Waals surface area (Å²) in [5.41, 5.74) is 2.85. The number of benzene rings is 5. The number of aromatic amines is 1. The lowest BCUT2D eigenvalue weighted by molar-refractivity contribution is -0.136. The van der Waals surface area contributed by atoms with Crippen molar-refractivity contribution < 1.29 is 58.1 Å². The van der Waals surface area contributed by atoms with Crippen LogP contribution in [-0.4, -0.2) is 140 Å². The average molecular weight is 1230 g/mol. The number of phenols is 1. The molecule has 1 aliphatic rings. The van der Waals surface area contributed by atoms with Gasteiger partial charge in [-0.05, 0) is 95.2 Å². The molecule has 11 N–H and O–H groups in total. The van der Waals surface area contributed by atoms with Crippen LogP contribution in [0.1, 0.15) is 89.6 Å². The molecule has 9 amide bonds. The Balaban J connectivity index is 1.05. The molecule has 478 valence electrons. The van der Waals surface area contributed by atoms with E-state index in [0.717, 1.165) is 16.3 Å². The third kappa shape index (κ3) is 20.2. The van der Waals surface area contributed by atoms with E-state index in [1.54, 1.807) is 68.4 Å². The summed E-state index contributed by atoms with van der Waals surface area (Å²) < 4.78 is 5.58. The number of likely N-dealkylation sites (tertiary alicyclic amines) is 1. The number of carbonyl (C=O) groups is 9. The van der Waals surface area contributed by atoms with Crippen LogP contribution in [0.3, 0.4) is 0 Å². The highest BCUT2D eigenvalue weighted by molar-refractivity contribution is 6.01. The largest absolute Gasteiger partial charge is 0.508 e. The van der Waals surface area contributed by atoms with E-state index in [1.165, 1.54) is 29.6 Å². The maximum atomic E-state index is 14.7. The highest BCUT2D eigenvalue weighted by Crippen LogP contribution is 2.22. The first-order valence-corrected chi connectivity index (χ1v) is 30.4. The Hall–Kier alpha value is -9.64. The van der Waals surface area contributed by atoms with Crippen molar-refractivity contribution in [1.82, 2.24) is 52.1 Å². The molecular formula is C67H83N11O12. The Kier molecular flexibility index (Phi) is 24.9. The molecule has 1 fully saturated rings. The predicted molar refractivity (Wildman–Crippen MR) is 338 cm³/mol. The fourth-order valence-corrected chi connectivity index (χ4v) is 10.5. The molecule has 6 aromatic rings. The minimum Gasteiger partial charge on any atom is -0.508 e. The Morgan fingerprint density at radius 3 is 1.64 bits per heavy atom. The Bertz CT molecular complexity index is 3380. The second-order valence-electron chi connectivity index (χ2n) is 23.8. The SMILES string of the molecule is CC(C)CC(NC(=O)C(Cc1cnc[nH]1)NC(=O)C(Cc1ccccc1)NC(=O)C1CCCN1C(=O)OCc1ccccc1)C(=O)NC(CC(C)C)C(=O)NC(C(=O)NC(Cc1ccc(O)cc1)C(=O)NC(CO)C(=O)Nc1ccc2ccccc2c1)C(C)C. The number of anilines is 1. The van der Waals surface area contributed by atoms with E-state index in [2.05, 4.69) is 52.5 Å². The molecule has 0 radical (unpaired) electrons. The molecule has 0 bridgehead atoms. The molecule has 1 saturated heterocycles. The molecule has 7 rings (SSSR count). The van der Waals surface area contributed by atoms with Crippen molar-refractivity contribution in [3.63, 3.8) is 0 Å². The van der Waals surface area contributed by atoms with Gasteiger partial charge in [-0.3, -0.25) is 43.3 Å². The number of nitrogens with one attached hydrogen (secondary N) is 9. The van der Waals surface area contributed by atoms with Crippen molar-refractivity contribution in [1.29, 1.82) is 0 Å². The number of imidazole rings is 1. The van der Waals surface area contributed by atoms with Gasteiger partial charge in [0.2, 0.25) is 47.3 Å². The number of nitrogens with zero attached hydrogens (tertiary/aromatic N) is 2. The van der Waals surface area contributed by atoms with Crippen LogP contribution in [0.15, 0.2) is 140 Å². The first-order valence-electron chi connectivity index (χ1n) is 30.4. The molecule has 8 atom stereocenters. The number of H-pyrrole nitrogens is 1. The molecule has 1 aliphatic heterocycles. The zero-order valence-corrected chi connectivity index (χ0v) is 51.6. The lowest BCUT2D eigenvalue weighted by atomic mass is 9.97. The molecule has 0 saturated carbocycles. The normalized spacial score (nSPS) is 15.3. The lowest BCUT2D eigenvalue weighted by Crippen LogP contribution is -2.61. The van der Waals surface area contributed by atoms with E-state index in [9.17, 15) is 53.4 Å². The van der Waals surface area contributed by atoms with E-state index < -0.39 is 114 Å². The molecule has 8 unspecified atom stereocenters. The molecule has 0 spiro atoms. The average Bonchev–Trinajstić information content (AvgIpc) is 4.08. The zero-order chi connectivity index (χ0) is 64.9. The molecule has 23 heteroatoms. The molecule has 1 aromatic heterocycles. The van der Waals surface area contributed by atoms with Gasteiger partial charge in [-0.25, -0.2) is 9.78 Å².